The van der Waals surface area contributed by atoms with Crippen LogP contribution in [-0.4, -0.2) is 15.4 Å². The molecule has 0 saturated carbocycles. The number of rotatable bonds is 3. The van der Waals surface area contributed by atoms with Gasteiger partial charge >= 0.3 is 0 Å². The highest BCUT2D eigenvalue weighted by Gasteiger charge is 2.05. The summed E-state index contributed by atoms with van der Waals surface area (Å²) in [6.07, 6.45) is 1.57. The van der Waals surface area contributed by atoms with Gasteiger partial charge in [0, 0.05) is 18.6 Å². The van der Waals surface area contributed by atoms with Crippen molar-refractivity contribution in [3.63, 3.8) is 0 Å². The summed E-state index contributed by atoms with van der Waals surface area (Å²) in [6, 6.07) is 0. The van der Waals surface area contributed by atoms with E-state index < -0.39 is 0 Å². The molecule has 0 aromatic carbocycles. The zero-order valence-corrected chi connectivity index (χ0v) is 10.7. The van der Waals surface area contributed by atoms with E-state index in [4.69, 9.17) is 11.6 Å². The fraction of sp³-hybridized carbons (Fsp3) is 0.333. The SMILES string of the molecule is C=C(CCl)Cn1c(C)ncc(I)c1=O. The molecule has 0 aliphatic carbocycles. The predicted octanol–water partition coefficient (Wildman–Crippen LogP) is 1.95. The minimum absolute atomic E-state index is 0.0376. The standard InChI is InChI=1S/C9H10ClIN2O/c1-6(3-10)5-13-7(2)12-4-8(11)9(13)14/h4H,1,3,5H2,2H3. The second-order valence-corrected chi connectivity index (χ2v) is 4.36. The van der Waals surface area contributed by atoms with Crippen molar-refractivity contribution < 1.29 is 0 Å². The number of hydrogen-bond acceptors (Lipinski definition) is 2. The van der Waals surface area contributed by atoms with E-state index in [0.717, 1.165) is 5.57 Å². The van der Waals surface area contributed by atoms with Crippen molar-refractivity contribution in [1.29, 1.82) is 0 Å². The molecule has 0 bridgehead atoms. The van der Waals surface area contributed by atoms with Gasteiger partial charge in [0.25, 0.3) is 5.56 Å². The molecule has 0 atom stereocenters. The predicted molar refractivity (Wildman–Crippen MR) is 65.8 cm³/mol. The third-order valence-corrected chi connectivity index (χ3v) is 2.89. The Morgan fingerprint density at radius 1 is 1.79 bits per heavy atom. The summed E-state index contributed by atoms with van der Waals surface area (Å²) < 4.78 is 2.18. The zero-order valence-electron chi connectivity index (χ0n) is 7.76. The number of halogens is 2. The monoisotopic (exact) mass is 324 g/mol. The maximum absolute atomic E-state index is 11.7. The highest BCUT2D eigenvalue weighted by atomic mass is 127. The van der Waals surface area contributed by atoms with E-state index in [-0.39, 0.29) is 5.56 Å². The summed E-state index contributed by atoms with van der Waals surface area (Å²) in [4.78, 5) is 15.8. The van der Waals surface area contributed by atoms with E-state index in [1.165, 1.54) is 0 Å². The molecular formula is C9H10ClIN2O. The average molecular weight is 325 g/mol. The van der Waals surface area contributed by atoms with E-state index in [2.05, 4.69) is 11.6 Å². The fourth-order valence-corrected chi connectivity index (χ4v) is 1.52. The summed E-state index contributed by atoms with van der Waals surface area (Å²) in [5, 5.41) is 0. The first-order valence-electron chi connectivity index (χ1n) is 4.00. The third kappa shape index (κ3) is 2.57. The highest BCUT2D eigenvalue weighted by Crippen LogP contribution is 2.02. The summed E-state index contributed by atoms with van der Waals surface area (Å²) in [5.74, 6) is 1.04. The van der Waals surface area contributed by atoms with Crippen molar-refractivity contribution >= 4 is 34.2 Å². The molecule has 5 heteroatoms. The number of aryl methyl sites for hydroxylation is 1. The lowest BCUT2D eigenvalue weighted by Crippen LogP contribution is -2.26. The summed E-state index contributed by atoms with van der Waals surface area (Å²) >= 11 is 7.58. The Kier molecular flexibility index (Phi) is 4.12. The quantitative estimate of drug-likeness (QED) is 0.484. The van der Waals surface area contributed by atoms with Crippen LogP contribution in [-0.2, 0) is 6.54 Å². The van der Waals surface area contributed by atoms with Crippen molar-refractivity contribution in [3.8, 4) is 0 Å². The molecule has 0 N–H and O–H groups in total. The number of nitrogens with zero attached hydrogens (tertiary/aromatic N) is 2. The Labute approximate surface area is 101 Å². The van der Waals surface area contributed by atoms with Gasteiger partial charge in [0.15, 0.2) is 0 Å². The van der Waals surface area contributed by atoms with Gasteiger partial charge in [0.2, 0.25) is 0 Å². The molecule has 0 aliphatic heterocycles. The van der Waals surface area contributed by atoms with Crippen LogP contribution in [0.2, 0.25) is 0 Å². The van der Waals surface area contributed by atoms with Gasteiger partial charge in [-0.1, -0.05) is 6.58 Å². The highest BCUT2D eigenvalue weighted by molar-refractivity contribution is 14.1. The number of allylic oxidation sites excluding steroid dienone is 1. The molecule has 0 aliphatic rings. The van der Waals surface area contributed by atoms with Crippen molar-refractivity contribution in [2.24, 2.45) is 0 Å². The van der Waals surface area contributed by atoms with Crippen LogP contribution in [0.3, 0.4) is 0 Å². The van der Waals surface area contributed by atoms with Crippen LogP contribution in [0.1, 0.15) is 5.82 Å². The van der Waals surface area contributed by atoms with E-state index in [1.807, 2.05) is 22.6 Å². The van der Waals surface area contributed by atoms with Crippen molar-refractivity contribution in [2.45, 2.75) is 13.5 Å². The smallest absolute Gasteiger partial charge is 0.267 e. The van der Waals surface area contributed by atoms with Crippen LogP contribution in [0.4, 0.5) is 0 Å². The Bertz CT molecular complexity index is 414. The second-order valence-electron chi connectivity index (χ2n) is 2.93. The third-order valence-electron chi connectivity index (χ3n) is 1.78. The molecule has 0 radical (unpaired) electrons. The normalized spacial score (nSPS) is 10.2. The molecule has 0 spiro atoms. The van der Waals surface area contributed by atoms with Gasteiger partial charge in [-0.25, -0.2) is 4.98 Å². The molecule has 14 heavy (non-hydrogen) atoms. The summed E-state index contributed by atoms with van der Waals surface area (Å²) in [7, 11) is 0. The molecule has 0 fully saturated rings. The zero-order chi connectivity index (χ0) is 10.7. The fourth-order valence-electron chi connectivity index (χ4n) is 1.00. The maximum Gasteiger partial charge on any atom is 0.267 e. The van der Waals surface area contributed by atoms with Crippen LogP contribution in [0.15, 0.2) is 23.1 Å². The lowest BCUT2D eigenvalue weighted by atomic mass is 10.3. The van der Waals surface area contributed by atoms with Crippen LogP contribution in [0, 0.1) is 10.5 Å². The number of hydrogen-bond donors (Lipinski definition) is 0. The Morgan fingerprint density at radius 2 is 2.43 bits per heavy atom. The molecule has 1 rings (SSSR count). The van der Waals surface area contributed by atoms with Crippen molar-refractivity contribution in [3.05, 3.63) is 38.1 Å². The van der Waals surface area contributed by atoms with E-state index in [9.17, 15) is 4.79 Å². The Morgan fingerprint density at radius 3 is 3.00 bits per heavy atom. The largest absolute Gasteiger partial charge is 0.292 e. The van der Waals surface area contributed by atoms with E-state index >= 15 is 0 Å². The first-order valence-corrected chi connectivity index (χ1v) is 5.62. The van der Waals surface area contributed by atoms with Crippen molar-refractivity contribution in [1.82, 2.24) is 9.55 Å². The first-order chi connectivity index (χ1) is 6.56. The minimum atomic E-state index is -0.0376. The molecule has 0 unspecified atom stereocenters. The molecule has 76 valence electrons. The number of alkyl halides is 1. The van der Waals surface area contributed by atoms with Gasteiger partial charge in [0.05, 0.1) is 3.57 Å². The van der Waals surface area contributed by atoms with Crippen LogP contribution in [0.5, 0.6) is 0 Å². The minimum Gasteiger partial charge on any atom is -0.292 e. The van der Waals surface area contributed by atoms with Gasteiger partial charge in [-0.15, -0.1) is 11.6 Å². The molecular weight excluding hydrogens is 314 g/mol. The molecule has 1 heterocycles. The summed E-state index contributed by atoms with van der Waals surface area (Å²) in [6.45, 7) is 5.99. The van der Waals surface area contributed by atoms with Gasteiger partial charge < -0.3 is 0 Å². The molecule has 3 nitrogen and oxygen atoms in total. The average Bonchev–Trinajstić information content (AvgIpc) is 2.18. The first kappa shape index (κ1) is 11.7. The topological polar surface area (TPSA) is 34.9 Å². The van der Waals surface area contributed by atoms with Crippen LogP contribution >= 0.6 is 34.2 Å². The van der Waals surface area contributed by atoms with Crippen LogP contribution < -0.4 is 5.56 Å². The van der Waals surface area contributed by atoms with E-state index in [0.29, 0.717) is 21.8 Å². The molecule has 0 saturated heterocycles. The maximum atomic E-state index is 11.7. The van der Waals surface area contributed by atoms with Crippen molar-refractivity contribution in [2.75, 3.05) is 5.88 Å². The van der Waals surface area contributed by atoms with E-state index in [1.54, 1.807) is 17.7 Å². The Hall–Kier alpha value is -0.360. The molecule has 0 amide bonds. The summed E-state index contributed by atoms with van der Waals surface area (Å²) in [5.41, 5.74) is 0.769. The second kappa shape index (κ2) is 4.93. The molecule has 1 aromatic heterocycles. The number of aromatic nitrogens is 2. The lowest BCUT2D eigenvalue weighted by molar-refractivity contribution is 0.688. The molecule has 1 aromatic rings. The van der Waals surface area contributed by atoms with Gasteiger partial charge in [-0.3, -0.25) is 9.36 Å². The van der Waals surface area contributed by atoms with Gasteiger partial charge in [-0.2, -0.15) is 0 Å². The van der Waals surface area contributed by atoms with Gasteiger partial charge in [0.1, 0.15) is 5.82 Å². The Balaban J connectivity index is 3.13. The van der Waals surface area contributed by atoms with Gasteiger partial charge in [-0.05, 0) is 35.1 Å². The van der Waals surface area contributed by atoms with Crippen LogP contribution in [0.25, 0.3) is 0 Å². The lowest BCUT2D eigenvalue weighted by Gasteiger charge is -2.09.